The smallest absolute Gasteiger partial charge is 0.332 e. The molecule has 1 saturated carbocycles. The number of amides is 3. The third-order valence-corrected chi connectivity index (χ3v) is 4.20. The van der Waals surface area contributed by atoms with Crippen LogP contribution in [-0.2, 0) is 4.79 Å². The van der Waals surface area contributed by atoms with E-state index in [1.165, 1.54) is 10.5 Å². The summed E-state index contributed by atoms with van der Waals surface area (Å²) in [6.07, 6.45) is 2.53. The van der Waals surface area contributed by atoms with Crippen LogP contribution in [0.15, 0.2) is 42.2 Å². The number of benzene rings is 1. The first-order chi connectivity index (χ1) is 9.77. The Morgan fingerprint density at radius 3 is 2.70 bits per heavy atom. The van der Waals surface area contributed by atoms with Gasteiger partial charge in [0.25, 0.3) is 5.91 Å². The topological polar surface area (TPSA) is 52.7 Å². The van der Waals surface area contributed by atoms with E-state index in [0.717, 1.165) is 6.42 Å². The molecule has 0 radical (unpaired) electrons. The van der Waals surface area contributed by atoms with Gasteiger partial charge < -0.3 is 5.32 Å². The lowest BCUT2D eigenvalue weighted by atomic mass is 10.1. The maximum atomic E-state index is 12.4. The number of nitrogens with zero attached hydrogens (tertiary/aromatic N) is 2. The summed E-state index contributed by atoms with van der Waals surface area (Å²) in [5.74, 6) is 0.129. The van der Waals surface area contributed by atoms with Gasteiger partial charge in [-0.25, -0.2) is 4.79 Å². The summed E-state index contributed by atoms with van der Waals surface area (Å²) < 4.78 is 0. The van der Waals surface area contributed by atoms with Gasteiger partial charge in [0, 0.05) is 31.2 Å². The first-order valence-corrected chi connectivity index (χ1v) is 6.91. The molecule has 2 fully saturated rings. The number of urea groups is 1. The van der Waals surface area contributed by atoms with Crippen LogP contribution < -0.4 is 5.32 Å². The molecular weight excluding hydrogens is 254 g/mol. The van der Waals surface area contributed by atoms with Gasteiger partial charge >= 0.3 is 6.03 Å². The maximum absolute atomic E-state index is 12.4. The molecule has 0 aromatic heterocycles. The Kier molecular flexibility index (Phi) is 2.36. The van der Waals surface area contributed by atoms with Crippen LogP contribution >= 0.6 is 0 Å². The van der Waals surface area contributed by atoms with Gasteiger partial charge in [0.05, 0.1) is 0 Å². The molecule has 1 aromatic carbocycles. The van der Waals surface area contributed by atoms with Crippen molar-refractivity contribution in [3.05, 3.63) is 47.8 Å². The van der Waals surface area contributed by atoms with Gasteiger partial charge in [-0.05, 0) is 12.0 Å². The largest absolute Gasteiger partial charge is 0.387 e. The molecule has 1 saturated heterocycles. The van der Waals surface area contributed by atoms with Crippen molar-refractivity contribution in [2.45, 2.75) is 18.4 Å². The summed E-state index contributed by atoms with van der Waals surface area (Å²) in [5.41, 5.74) is 1.69. The molecule has 102 valence electrons. The van der Waals surface area contributed by atoms with Crippen molar-refractivity contribution in [3.63, 3.8) is 0 Å². The molecule has 3 aliphatic rings. The van der Waals surface area contributed by atoms with E-state index in [1.807, 2.05) is 18.2 Å². The molecule has 5 heteroatoms. The van der Waals surface area contributed by atoms with E-state index in [0.29, 0.717) is 24.7 Å². The van der Waals surface area contributed by atoms with Gasteiger partial charge in [-0.2, -0.15) is 0 Å². The molecule has 3 amide bonds. The predicted molar refractivity (Wildman–Crippen MR) is 72.6 cm³/mol. The van der Waals surface area contributed by atoms with E-state index < -0.39 is 0 Å². The lowest BCUT2D eigenvalue weighted by Crippen LogP contribution is -2.38. The van der Waals surface area contributed by atoms with Crippen molar-refractivity contribution in [1.82, 2.24) is 15.1 Å². The summed E-state index contributed by atoms with van der Waals surface area (Å²) in [4.78, 5) is 27.8. The van der Waals surface area contributed by atoms with Crippen LogP contribution in [0.1, 0.15) is 17.9 Å². The zero-order valence-electron chi connectivity index (χ0n) is 11.0. The van der Waals surface area contributed by atoms with Crippen LogP contribution in [0.25, 0.3) is 0 Å². The highest BCUT2D eigenvalue weighted by Gasteiger charge is 2.53. The Balaban J connectivity index is 1.59. The highest BCUT2D eigenvalue weighted by atomic mass is 16.2. The lowest BCUT2D eigenvalue weighted by molar-refractivity contribution is -0.123. The molecule has 4 rings (SSSR count). The standard InChI is InChI=1S/C15H15N3O2/c19-14-13-9-16-6-7-17(13)15(20)18(14)12-8-11(12)10-4-2-1-3-5-10/h1-5,9,11-12,16H,6-8H2. The van der Waals surface area contributed by atoms with Gasteiger partial charge in [0.15, 0.2) is 0 Å². The highest BCUT2D eigenvalue weighted by Crippen LogP contribution is 2.47. The summed E-state index contributed by atoms with van der Waals surface area (Å²) in [5, 5.41) is 3.03. The monoisotopic (exact) mass is 269 g/mol. The maximum Gasteiger partial charge on any atom is 0.332 e. The third-order valence-electron chi connectivity index (χ3n) is 4.20. The number of carbonyl (C=O) groups excluding carboxylic acids is 2. The van der Waals surface area contributed by atoms with Gasteiger partial charge in [0.1, 0.15) is 5.70 Å². The zero-order chi connectivity index (χ0) is 13.7. The third kappa shape index (κ3) is 1.56. The lowest BCUT2D eigenvalue weighted by Gasteiger charge is -2.20. The number of nitrogens with one attached hydrogen (secondary N) is 1. The molecule has 5 nitrogen and oxygen atoms in total. The molecule has 1 aromatic rings. The Labute approximate surface area is 116 Å². The number of hydrogen-bond acceptors (Lipinski definition) is 3. The molecule has 2 aliphatic heterocycles. The van der Waals surface area contributed by atoms with Gasteiger partial charge in [0.2, 0.25) is 0 Å². The summed E-state index contributed by atoms with van der Waals surface area (Å²) in [7, 11) is 0. The van der Waals surface area contributed by atoms with Crippen molar-refractivity contribution in [3.8, 4) is 0 Å². The molecule has 1 aliphatic carbocycles. The first-order valence-electron chi connectivity index (χ1n) is 6.91. The van der Waals surface area contributed by atoms with Crippen LogP contribution in [0.3, 0.4) is 0 Å². The van der Waals surface area contributed by atoms with Crippen molar-refractivity contribution in [1.29, 1.82) is 0 Å². The van der Waals surface area contributed by atoms with Crippen molar-refractivity contribution in [2.75, 3.05) is 13.1 Å². The first kappa shape index (κ1) is 11.5. The fourth-order valence-corrected chi connectivity index (χ4v) is 3.08. The fraction of sp³-hybridized carbons (Fsp3) is 0.333. The van der Waals surface area contributed by atoms with Crippen molar-refractivity contribution in [2.24, 2.45) is 0 Å². The van der Waals surface area contributed by atoms with Crippen LogP contribution in [0.2, 0.25) is 0 Å². The minimum absolute atomic E-state index is 0.0175. The number of imide groups is 1. The minimum Gasteiger partial charge on any atom is -0.387 e. The molecule has 2 unspecified atom stereocenters. The predicted octanol–water partition coefficient (Wildman–Crippen LogP) is 1.25. The van der Waals surface area contributed by atoms with Crippen LogP contribution in [0, 0.1) is 0 Å². The molecular formula is C15H15N3O2. The second-order valence-electron chi connectivity index (χ2n) is 5.41. The van der Waals surface area contributed by atoms with E-state index in [4.69, 9.17) is 0 Å². The van der Waals surface area contributed by atoms with Gasteiger partial charge in [-0.1, -0.05) is 30.3 Å². The van der Waals surface area contributed by atoms with Gasteiger partial charge in [-0.15, -0.1) is 0 Å². The van der Waals surface area contributed by atoms with Gasteiger partial charge in [-0.3, -0.25) is 14.6 Å². The van der Waals surface area contributed by atoms with E-state index in [9.17, 15) is 9.59 Å². The highest BCUT2D eigenvalue weighted by molar-refractivity contribution is 6.12. The summed E-state index contributed by atoms with van der Waals surface area (Å²) in [6.45, 7) is 1.26. The molecule has 2 atom stereocenters. The fourth-order valence-electron chi connectivity index (χ4n) is 3.08. The van der Waals surface area contributed by atoms with Crippen LogP contribution in [0.5, 0.6) is 0 Å². The molecule has 0 bridgehead atoms. The van der Waals surface area contributed by atoms with E-state index in [2.05, 4.69) is 17.4 Å². The van der Waals surface area contributed by atoms with Crippen molar-refractivity contribution < 1.29 is 9.59 Å². The Bertz CT molecular complexity index is 611. The van der Waals surface area contributed by atoms with E-state index in [1.54, 1.807) is 11.1 Å². The van der Waals surface area contributed by atoms with Crippen molar-refractivity contribution >= 4 is 11.9 Å². The summed E-state index contributed by atoms with van der Waals surface area (Å²) >= 11 is 0. The quantitative estimate of drug-likeness (QED) is 0.822. The van der Waals surface area contributed by atoms with E-state index in [-0.39, 0.29) is 18.0 Å². The van der Waals surface area contributed by atoms with Crippen LogP contribution in [-0.4, -0.2) is 40.9 Å². The molecule has 1 N–H and O–H groups in total. The SMILES string of the molecule is O=C1C2=CNCCN2C(=O)N1C1CC1c1ccccc1. The Morgan fingerprint density at radius 1 is 1.15 bits per heavy atom. The Morgan fingerprint density at radius 2 is 1.95 bits per heavy atom. The average molecular weight is 269 g/mol. The number of carbonyl (C=O) groups is 2. The van der Waals surface area contributed by atoms with Crippen LogP contribution in [0.4, 0.5) is 4.79 Å². The summed E-state index contributed by atoms with van der Waals surface area (Å²) in [6, 6.07) is 9.94. The zero-order valence-corrected chi connectivity index (χ0v) is 11.0. The normalized spacial score (nSPS) is 28.1. The second kappa shape index (κ2) is 4.10. The Hall–Kier alpha value is -2.30. The number of hydrogen-bond donors (Lipinski definition) is 1. The second-order valence-corrected chi connectivity index (χ2v) is 5.41. The average Bonchev–Trinajstić information content (AvgIpc) is 3.24. The van der Waals surface area contributed by atoms with E-state index >= 15 is 0 Å². The number of rotatable bonds is 2. The molecule has 0 spiro atoms. The molecule has 20 heavy (non-hydrogen) atoms. The number of fused-ring (bicyclic) bond motifs is 1. The minimum atomic E-state index is -0.161. The molecule has 2 heterocycles.